The molecule has 0 saturated heterocycles. The van der Waals surface area contributed by atoms with Crippen LogP contribution in [0.5, 0.6) is 0 Å². The predicted molar refractivity (Wildman–Crippen MR) is 78.0 cm³/mol. The molecule has 1 aromatic carbocycles. The van der Waals surface area contributed by atoms with Crippen LogP contribution in [0.4, 0.5) is 0 Å². The van der Waals surface area contributed by atoms with Gasteiger partial charge in [0.1, 0.15) is 0 Å². The van der Waals surface area contributed by atoms with Crippen molar-refractivity contribution in [1.82, 2.24) is 10.3 Å². The molecule has 0 spiro atoms. The molecule has 3 heteroatoms. The number of benzene rings is 1. The molecule has 1 aliphatic rings. The molecule has 1 heterocycles. The molecule has 1 N–H and O–H groups in total. The van der Waals surface area contributed by atoms with Gasteiger partial charge in [-0.25, -0.2) is 0 Å². The van der Waals surface area contributed by atoms with E-state index in [0.29, 0.717) is 0 Å². The van der Waals surface area contributed by atoms with Crippen LogP contribution in [0.2, 0.25) is 0 Å². The van der Waals surface area contributed by atoms with Gasteiger partial charge in [0.2, 0.25) is 5.91 Å². The molecule has 1 fully saturated rings. The van der Waals surface area contributed by atoms with Gasteiger partial charge in [0, 0.05) is 18.3 Å². The molecule has 1 aromatic heterocycles. The maximum absolute atomic E-state index is 12.3. The number of carbonyl (C=O) groups is 1. The van der Waals surface area contributed by atoms with Crippen LogP contribution in [-0.4, -0.2) is 10.9 Å². The lowest BCUT2D eigenvalue weighted by atomic mass is 9.84. The summed E-state index contributed by atoms with van der Waals surface area (Å²) >= 11 is 0. The van der Waals surface area contributed by atoms with Crippen LogP contribution >= 0.6 is 0 Å². The second-order valence-electron chi connectivity index (χ2n) is 5.26. The number of rotatable bonds is 4. The highest BCUT2D eigenvalue weighted by atomic mass is 16.2. The first-order valence-electron chi connectivity index (χ1n) is 7.10. The van der Waals surface area contributed by atoms with Gasteiger partial charge in [-0.05, 0) is 36.1 Å². The number of carbonyl (C=O) groups excluding carboxylic acids is 1. The van der Waals surface area contributed by atoms with E-state index in [2.05, 4.69) is 10.3 Å². The van der Waals surface area contributed by atoms with E-state index in [9.17, 15) is 4.79 Å². The Morgan fingerprint density at radius 2 is 1.70 bits per heavy atom. The molecule has 1 atom stereocenters. The van der Waals surface area contributed by atoms with Crippen LogP contribution in [0.25, 0.3) is 0 Å². The Morgan fingerprint density at radius 3 is 2.30 bits per heavy atom. The van der Waals surface area contributed by atoms with Gasteiger partial charge < -0.3 is 5.32 Å². The van der Waals surface area contributed by atoms with Crippen molar-refractivity contribution in [1.29, 1.82) is 0 Å². The number of pyridine rings is 1. The van der Waals surface area contributed by atoms with Crippen LogP contribution < -0.4 is 5.32 Å². The summed E-state index contributed by atoms with van der Waals surface area (Å²) in [5, 5.41) is 3.18. The summed E-state index contributed by atoms with van der Waals surface area (Å²) in [4.78, 5) is 16.3. The highest BCUT2D eigenvalue weighted by Crippen LogP contribution is 2.28. The van der Waals surface area contributed by atoms with Crippen molar-refractivity contribution < 1.29 is 4.79 Å². The quantitative estimate of drug-likeness (QED) is 0.924. The summed E-state index contributed by atoms with van der Waals surface area (Å²) in [5.41, 5.74) is 2.17. The standard InChI is InChI=1S/C17H18N2O/c20-17(15-7-4-8-15)19-16(13-5-2-1-3-6-13)14-9-11-18-12-10-14/h1-3,5-6,9-12,15-16H,4,7-8H2,(H,19,20)/t16-/m1/s1. The molecule has 20 heavy (non-hydrogen) atoms. The van der Waals surface area contributed by atoms with Crippen LogP contribution in [-0.2, 0) is 4.79 Å². The molecule has 0 radical (unpaired) electrons. The zero-order valence-corrected chi connectivity index (χ0v) is 11.3. The van der Waals surface area contributed by atoms with E-state index in [1.165, 1.54) is 6.42 Å². The summed E-state index contributed by atoms with van der Waals surface area (Å²) in [6, 6.07) is 13.9. The fraction of sp³-hybridized carbons (Fsp3) is 0.294. The average molecular weight is 266 g/mol. The number of nitrogens with zero attached hydrogens (tertiary/aromatic N) is 1. The molecule has 2 aromatic rings. The zero-order chi connectivity index (χ0) is 13.8. The lowest BCUT2D eigenvalue weighted by Gasteiger charge is -2.28. The maximum atomic E-state index is 12.3. The van der Waals surface area contributed by atoms with Crippen molar-refractivity contribution in [3.8, 4) is 0 Å². The highest BCUT2D eigenvalue weighted by Gasteiger charge is 2.27. The fourth-order valence-electron chi connectivity index (χ4n) is 2.49. The van der Waals surface area contributed by atoms with Crippen LogP contribution in [0.3, 0.4) is 0 Å². The van der Waals surface area contributed by atoms with E-state index < -0.39 is 0 Å². The molecule has 102 valence electrons. The Labute approximate surface area is 119 Å². The monoisotopic (exact) mass is 266 g/mol. The van der Waals surface area contributed by atoms with Crippen molar-refractivity contribution in [2.24, 2.45) is 5.92 Å². The summed E-state index contributed by atoms with van der Waals surface area (Å²) < 4.78 is 0. The van der Waals surface area contributed by atoms with Gasteiger partial charge in [-0.15, -0.1) is 0 Å². The number of amides is 1. The van der Waals surface area contributed by atoms with E-state index in [1.54, 1.807) is 12.4 Å². The third-order valence-corrected chi connectivity index (χ3v) is 3.93. The van der Waals surface area contributed by atoms with Crippen molar-refractivity contribution >= 4 is 5.91 Å². The van der Waals surface area contributed by atoms with Gasteiger partial charge in [0.05, 0.1) is 6.04 Å². The molecule has 1 amide bonds. The molecule has 3 rings (SSSR count). The molecular formula is C17H18N2O. The first kappa shape index (κ1) is 12.9. The minimum atomic E-state index is -0.0905. The third-order valence-electron chi connectivity index (χ3n) is 3.93. The number of hydrogen-bond acceptors (Lipinski definition) is 2. The topological polar surface area (TPSA) is 42.0 Å². The second-order valence-corrected chi connectivity index (χ2v) is 5.26. The molecule has 0 aliphatic heterocycles. The second kappa shape index (κ2) is 5.87. The molecule has 0 bridgehead atoms. The van der Waals surface area contributed by atoms with Gasteiger partial charge in [-0.3, -0.25) is 9.78 Å². The Balaban J connectivity index is 1.85. The molecule has 1 saturated carbocycles. The largest absolute Gasteiger partial charge is 0.345 e. The smallest absolute Gasteiger partial charge is 0.223 e. The van der Waals surface area contributed by atoms with Gasteiger partial charge in [-0.1, -0.05) is 36.8 Å². The Bertz CT molecular complexity index is 525. The van der Waals surface area contributed by atoms with Crippen LogP contribution in [0.15, 0.2) is 54.9 Å². The van der Waals surface area contributed by atoms with Gasteiger partial charge in [0.15, 0.2) is 0 Å². The molecular weight excluding hydrogens is 248 g/mol. The Hall–Kier alpha value is -2.16. The number of hydrogen-bond donors (Lipinski definition) is 1. The predicted octanol–water partition coefficient (Wildman–Crippen LogP) is 3.09. The van der Waals surface area contributed by atoms with Gasteiger partial charge in [0.25, 0.3) is 0 Å². The van der Waals surface area contributed by atoms with Gasteiger partial charge >= 0.3 is 0 Å². The number of nitrogens with one attached hydrogen (secondary N) is 1. The zero-order valence-electron chi connectivity index (χ0n) is 11.3. The van der Waals surface area contributed by atoms with E-state index in [4.69, 9.17) is 0 Å². The Kier molecular flexibility index (Phi) is 3.77. The van der Waals surface area contributed by atoms with E-state index >= 15 is 0 Å². The summed E-state index contributed by atoms with van der Waals surface area (Å²) in [7, 11) is 0. The van der Waals surface area contributed by atoms with E-state index in [-0.39, 0.29) is 17.9 Å². The average Bonchev–Trinajstić information content (AvgIpc) is 2.45. The lowest BCUT2D eigenvalue weighted by molar-refractivity contribution is -0.127. The number of aromatic nitrogens is 1. The van der Waals surface area contributed by atoms with E-state index in [0.717, 1.165) is 24.0 Å². The van der Waals surface area contributed by atoms with Crippen molar-refractivity contribution in [2.75, 3.05) is 0 Å². The van der Waals surface area contributed by atoms with Crippen molar-refractivity contribution in [3.05, 3.63) is 66.0 Å². The molecule has 3 nitrogen and oxygen atoms in total. The molecule has 1 aliphatic carbocycles. The van der Waals surface area contributed by atoms with Crippen molar-refractivity contribution in [2.45, 2.75) is 25.3 Å². The lowest BCUT2D eigenvalue weighted by Crippen LogP contribution is -2.37. The first-order valence-corrected chi connectivity index (χ1v) is 7.10. The Morgan fingerprint density at radius 1 is 1.05 bits per heavy atom. The first-order chi connectivity index (χ1) is 9.84. The van der Waals surface area contributed by atoms with Gasteiger partial charge in [-0.2, -0.15) is 0 Å². The SMILES string of the molecule is O=C(N[C@H](c1ccccc1)c1ccncc1)C1CCC1. The molecule has 0 unspecified atom stereocenters. The fourth-order valence-corrected chi connectivity index (χ4v) is 2.49. The highest BCUT2D eigenvalue weighted by molar-refractivity contribution is 5.80. The normalized spacial score (nSPS) is 16.2. The van der Waals surface area contributed by atoms with E-state index in [1.807, 2.05) is 42.5 Å². The minimum Gasteiger partial charge on any atom is -0.345 e. The van der Waals surface area contributed by atoms with Crippen molar-refractivity contribution in [3.63, 3.8) is 0 Å². The van der Waals surface area contributed by atoms with Crippen LogP contribution in [0.1, 0.15) is 36.4 Å². The summed E-state index contributed by atoms with van der Waals surface area (Å²) in [6.45, 7) is 0. The summed E-state index contributed by atoms with van der Waals surface area (Å²) in [5.74, 6) is 0.366. The minimum absolute atomic E-state index is 0.0905. The summed E-state index contributed by atoms with van der Waals surface area (Å²) in [6.07, 6.45) is 6.73. The maximum Gasteiger partial charge on any atom is 0.223 e. The third kappa shape index (κ3) is 2.72. The van der Waals surface area contributed by atoms with Crippen LogP contribution in [0, 0.1) is 5.92 Å².